The van der Waals surface area contributed by atoms with Crippen LogP contribution in [-0.4, -0.2) is 73.4 Å². The molecule has 166 valence electrons. The minimum Gasteiger partial charge on any atom is -0.376 e. The van der Waals surface area contributed by atoms with Crippen molar-refractivity contribution in [3.8, 4) is 0 Å². The Morgan fingerprint density at radius 2 is 2.00 bits per heavy atom. The van der Waals surface area contributed by atoms with E-state index in [-0.39, 0.29) is 35.4 Å². The molecule has 1 amide bonds. The van der Waals surface area contributed by atoms with Crippen molar-refractivity contribution in [2.75, 3.05) is 37.7 Å². The van der Waals surface area contributed by atoms with E-state index in [0.29, 0.717) is 24.5 Å². The smallest absolute Gasteiger partial charge is 0.243 e. The molecule has 6 nitrogen and oxygen atoms in total. The lowest BCUT2D eigenvalue weighted by atomic mass is 9.96. The van der Waals surface area contributed by atoms with Gasteiger partial charge in [-0.15, -0.1) is 0 Å². The number of nitrogens with zero attached hydrogens (tertiary/aromatic N) is 2. The van der Waals surface area contributed by atoms with Crippen molar-refractivity contribution in [1.29, 1.82) is 0 Å². The highest BCUT2D eigenvalue weighted by Gasteiger charge is 2.38. The van der Waals surface area contributed by atoms with Gasteiger partial charge in [0.05, 0.1) is 16.9 Å². The second-order valence-corrected chi connectivity index (χ2v) is 11.8. The van der Waals surface area contributed by atoms with E-state index in [9.17, 15) is 13.2 Å². The number of hydrogen-bond donors (Lipinski definition) is 0. The number of carbonyl (C=O) groups is 1. The topological polar surface area (TPSA) is 66.9 Å². The first-order valence-corrected chi connectivity index (χ1v) is 13.7. The summed E-state index contributed by atoms with van der Waals surface area (Å²) in [6.07, 6.45) is 4.57. The summed E-state index contributed by atoms with van der Waals surface area (Å²) < 4.78 is 33.5. The third-order valence-electron chi connectivity index (χ3n) is 6.24. The monoisotopic (exact) mass is 472 g/mol. The van der Waals surface area contributed by atoms with Gasteiger partial charge in [-0.25, -0.2) is 8.42 Å². The third kappa shape index (κ3) is 4.99. The second-order valence-electron chi connectivity index (χ2n) is 8.30. The largest absolute Gasteiger partial charge is 0.376 e. The first kappa shape index (κ1) is 22.4. The molecule has 3 atom stereocenters. The molecule has 1 aromatic carbocycles. The zero-order chi connectivity index (χ0) is 21.1. The van der Waals surface area contributed by atoms with Crippen LogP contribution in [0.1, 0.15) is 32.1 Å². The Labute approximate surface area is 188 Å². The summed E-state index contributed by atoms with van der Waals surface area (Å²) >= 11 is 7.79. The lowest BCUT2D eigenvalue weighted by Gasteiger charge is -2.37. The summed E-state index contributed by atoms with van der Waals surface area (Å²) in [7, 11) is -3.64. The molecule has 3 saturated heterocycles. The zero-order valence-corrected chi connectivity index (χ0v) is 19.4. The van der Waals surface area contributed by atoms with Gasteiger partial charge >= 0.3 is 0 Å². The number of thioether (sulfide) groups is 1. The Bertz CT molecular complexity index is 837. The Kier molecular flexibility index (Phi) is 7.30. The van der Waals surface area contributed by atoms with Crippen molar-refractivity contribution in [3.05, 3.63) is 29.3 Å². The van der Waals surface area contributed by atoms with Crippen LogP contribution in [-0.2, 0) is 19.6 Å². The van der Waals surface area contributed by atoms with Gasteiger partial charge in [0.1, 0.15) is 0 Å². The van der Waals surface area contributed by atoms with E-state index in [1.807, 2.05) is 16.7 Å². The van der Waals surface area contributed by atoms with Crippen LogP contribution in [0.3, 0.4) is 0 Å². The van der Waals surface area contributed by atoms with Gasteiger partial charge in [0.15, 0.2) is 0 Å². The predicted molar refractivity (Wildman–Crippen MR) is 119 cm³/mol. The van der Waals surface area contributed by atoms with Crippen molar-refractivity contribution >= 4 is 39.3 Å². The number of sulfonamides is 1. The van der Waals surface area contributed by atoms with Gasteiger partial charge in [0.2, 0.25) is 15.9 Å². The fraction of sp³-hybridized carbons (Fsp3) is 0.667. The van der Waals surface area contributed by atoms with Crippen LogP contribution in [0.4, 0.5) is 0 Å². The molecule has 0 aliphatic carbocycles. The summed E-state index contributed by atoms with van der Waals surface area (Å²) in [5.41, 5.74) is 0. The second kappa shape index (κ2) is 9.77. The molecule has 3 aliphatic heterocycles. The molecule has 3 unspecified atom stereocenters. The normalized spacial score (nSPS) is 28.0. The molecule has 3 heterocycles. The molecule has 0 spiro atoms. The number of piperidine rings is 1. The number of carbonyl (C=O) groups excluding carboxylic acids is 1. The van der Waals surface area contributed by atoms with Crippen LogP contribution in [0, 0.1) is 5.92 Å². The van der Waals surface area contributed by atoms with Crippen LogP contribution >= 0.6 is 23.4 Å². The quantitative estimate of drug-likeness (QED) is 0.635. The van der Waals surface area contributed by atoms with E-state index in [2.05, 4.69) is 0 Å². The first-order chi connectivity index (χ1) is 14.4. The number of rotatable bonds is 6. The van der Waals surface area contributed by atoms with E-state index in [0.717, 1.165) is 43.8 Å². The average molecular weight is 473 g/mol. The molecule has 9 heteroatoms. The molecule has 0 N–H and O–H groups in total. The molecule has 30 heavy (non-hydrogen) atoms. The SMILES string of the molecule is O=C(C1CCCN(S(=O)(=O)c2ccc(Cl)cc2)C1)N(CC1CCCO1)C1CCSC1. The maximum Gasteiger partial charge on any atom is 0.243 e. The van der Waals surface area contributed by atoms with Crippen molar-refractivity contribution in [3.63, 3.8) is 0 Å². The standard InChI is InChI=1S/C21H29ClN2O4S2/c22-17-5-7-20(8-6-17)30(26,27)23-10-1-3-16(13-23)21(25)24(18-9-12-29-15-18)14-19-4-2-11-28-19/h5-8,16,18-19H,1-4,9-15H2. The molecular formula is C21H29ClN2O4S2. The molecule has 3 fully saturated rings. The number of halogens is 1. The minimum absolute atomic E-state index is 0.0917. The number of hydrogen-bond acceptors (Lipinski definition) is 5. The lowest BCUT2D eigenvalue weighted by molar-refractivity contribution is -0.140. The van der Waals surface area contributed by atoms with Crippen LogP contribution in [0.2, 0.25) is 5.02 Å². The highest BCUT2D eigenvalue weighted by molar-refractivity contribution is 7.99. The van der Waals surface area contributed by atoms with Crippen LogP contribution in [0.15, 0.2) is 29.2 Å². The summed E-state index contributed by atoms with van der Waals surface area (Å²) in [4.78, 5) is 15.8. The van der Waals surface area contributed by atoms with Gasteiger partial charge in [0.25, 0.3) is 0 Å². The first-order valence-electron chi connectivity index (χ1n) is 10.7. The van der Waals surface area contributed by atoms with E-state index in [1.165, 1.54) is 16.4 Å². The molecule has 1 aromatic rings. The van der Waals surface area contributed by atoms with Crippen molar-refractivity contribution in [2.24, 2.45) is 5.92 Å². The molecule has 0 saturated carbocycles. The number of ether oxygens (including phenoxy) is 1. The molecule has 0 aromatic heterocycles. The minimum atomic E-state index is -3.64. The zero-order valence-electron chi connectivity index (χ0n) is 17.0. The van der Waals surface area contributed by atoms with Gasteiger partial charge in [-0.2, -0.15) is 16.1 Å². The van der Waals surface area contributed by atoms with Crippen molar-refractivity contribution < 1.29 is 17.9 Å². The van der Waals surface area contributed by atoms with E-state index in [1.54, 1.807) is 12.1 Å². The fourth-order valence-corrected chi connectivity index (χ4v) is 7.42. The maximum absolute atomic E-state index is 13.5. The third-order valence-corrected chi connectivity index (χ3v) is 9.51. The Hall–Kier alpha value is -0.800. The van der Waals surface area contributed by atoms with Gasteiger partial charge < -0.3 is 9.64 Å². The van der Waals surface area contributed by atoms with E-state index < -0.39 is 10.0 Å². The van der Waals surface area contributed by atoms with Gasteiger partial charge in [-0.1, -0.05) is 11.6 Å². The molecular weight excluding hydrogens is 444 g/mol. The summed E-state index contributed by atoms with van der Waals surface area (Å²) in [5, 5.41) is 0.500. The Morgan fingerprint density at radius 3 is 2.67 bits per heavy atom. The maximum atomic E-state index is 13.5. The predicted octanol–water partition coefficient (Wildman–Crippen LogP) is 3.25. The van der Waals surface area contributed by atoms with Crippen LogP contribution < -0.4 is 0 Å². The molecule has 0 bridgehead atoms. The summed E-state index contributed by atoms with van der Waals surface area (Å²) in [6, 6.07) is 6.46. The van der Waals surface area contributed by atoms with Gasteiger partial charge in [-0.05, 0) is 62.1 Å². The average Bonchev–Trinajstić information content (AvgIpc) is 3.46. The number of benzene rings is 1. The summed E-state index contributed by atoms with van der Waals surface area (Å²) in [6.45, 7) is 2.08. The Morgan fingerprint density at radius 1 is 1.20 bits per heavy atom. The van der Waals surface area contributed by atoms with Gasteiger partial charge in [0, 0.05) is 43.1 Å². The Balaban J connectivity index is 1.48. The number of amides is 1. The molecule has 4 rings (SSSR count). The molecule has 0 radical (unpaired) electrons. The molecule has 3 aliphatic rings. The van der Waals surface area contributed by atoms with E-state index >= 15 is 0 Å². The summed E-state index contributed by atoms with van der Waals surface area (Å²) in [5.74, 6) is 1.82. The van der Waals surface area contributed by atoms with Crippen molar-refractivity contribution in [2.45, 2.75) is 49.1 Å². The van der Waals surface area contributed by atoms with Crippen molar-refractivity contribution in [1.82, 2.24) is 9.21 Å². The van der Waals surface area contributed by atoms with Crippen LogP contribution in [0.5, 0.6) is 0 Å². The highest BCUT2D eigenvalue weighted by Crippen LogP contribution is 2.30. The van der Waals surface area contributed by atoms with E-state index in [4.69, 9.17) is 16.3 Å². The van der Waals surface area contributed by atoms with Gasteiger partial charge in [-0.3, -0.25) is 4.79 Å². The highest BCUT2D eigenvalue weighted by atomic mass is 35.5. The van der Waals surface area contributed by atoms with Crippen LogP contribution in [0.25, 0.3) is 0 Å². The fourth-order valence-electron chi connectivity index (χ4n) is 4.55. The lowest BCUT2D eigenvalue weighted by Crippen LogP contribution is -2.51.